The molecule has 1 unspecified atom stereocenters. The summed E-state index contributed by atoms with van der Waals surface area (Å²) in [5.74, 6) is 0.0843. The molecule has 25 heavy (non-hydrogen) atoms. The molecule has 0 amide bonds. The van der Waals surface area contributed by atoms with Gasteiger partial charge in [0.05, 0.1) is 12.7 Å². The largest absolute Gasteiger partial charge is 0.493 e. The van der Waals surface area contributed by atoms with Crippen molar-refractivity contribution in [2.45, 2.75) is 26.6 Å². The van der Waals surface area contributed by atoms with Crippen molar-refractivity contribution in [1.82, 2.24) is 0 Å². The Morgan fingerprint density at radius 2 is 1.76 bits per heavy atom. The van der Waals surface area contributed by atoms with Gasteiger partial charge < -0.3 is 14.2 Å². The van der Waals surface area contributed by atoms with Gasteiger partial charge in [0.25, 0.3) is 0 Å². The van der Waals surface area contributed by atoms with Crippen LogP contribution >= 0.6 is 11.6 Å². The van der Waals surface area contributed by atoms with Gasteiger partial charge in [0.1, 0.15) is 6.61 Å². The second-order valence-electron chi connectivity index (χ2n) is 5.44. The Morgan fingerprint density at radius 3 is 2.36 bits per heavy atom. The SMILES string of the molecule is COc1cc(C(=O)OC(C)C(C)=O)ccc1OCc1ccc(Cl)cc1. The topological polar surface area (TPSA) is 61.8 Å². The number of ketones is 1. The molecule has 1 atom stereocenters. The summed E-state index contributed by atoms with van der Waals surface area (Å²) in [7, 11) is 1.48. The molecule has 132 valence electrons. The lowest BCUT2D eigenvalue weighted by atomic mass is 10.2. The first-order valence-electron chi connectivity index (χ1n) is 7.67. The summed E-state index contributed by atoms with van der Waals surface area (Å²) >= 11 is 5.85. The fourth-order valence-corrected chi connectivity index (χ4v) is 2.09. The lowest BCUT2D eigenvalue weighted by Gasteiger charge is -2.13. The molecule has 0 bridgehead atoms. The van der Waals surface area contributed by atoms with Gasteiger partial charge in [-0.15, -0.1) is 0 Å². The lowest BCUT2D eigenvalue weighted by Crippen LogP contribution is -2.21. The molecular formula is C19H19ClO5. The van der Waals surface area contributed by atoms with Crippen LogP contribution in [0.4, 0.5) is 0 Å². The number of rotatable bonds is 7. The summed E-state index contributed by atoms with van der Waals surface area (Å²) in [6.45, 7) is 3.23. The monoisotopic (exact) mass is 362 g/mol. The molecule has 0 aliphatic heterocycles. The van der Waals surface area contributed by atoms with Crippen LogP contribution in [0.15, 0.2) is 42.5 Å². The highest BCUT2D eigenvalue weighted by atomic mass is 35.5. The molecule has 5 nitrogen and oxygen atoms in total. The molecule has 0 saturated carbocycles. The number of hydrogen-bond acceptors (Lipinski definition) is 5. The standard InChI is InChI=1S/C19H19ClO5/c1-12(21)13(2)25-19(22)15-6-9-17(18(10-15)23-3)24-11-14-4-7-16(20)8-5-14/h4-10,13H,11H2,1-3H3. The van der Waals surface area contributed by atoms with E-state index >= 15 is 0 Å². The van der Waals surface area contributed by atoms with E-state index in [4.69, 9.17) is 25.8 Å². The predicted octanol–water partition coefficient (Wildman–Crippen LogP) is 4.06. The number of ether oxygens (including phenoxy) is 3. The van der Waals surface area contributed by atoms with Crippen molar-refractivity contribution in [3.05, 3.63) is 58.6 Å². The van der Waals surface area contributed by atoms with Crippen molar-refractivity contribution in [2.24, 2.45) is 0 Å². The van der Waals surface area contributed by atoms with E-state index in [1.807, 2.05) is 12.1 Å². The molecule has 0 saturated heterocycles. The highest BCUT2D eigenvalue weighted by Gasteiger charge is 2.17. The van der Waals surface area contributed by atoms with Crippen LogP contribution in [0, 0.1) is 0 Å². The van der Waals surface area contributed by atoms with Gasteiger partial charge in [-0.3, -0.25) is 4.79 Å². The summed E-state index contributed by atoms with van der Waals surface area (Å²) in [5, 5.41) is 0.656. The average molecular weight is 363 g/mol. The summed E-state index contributed by atoms with van der Waals surface area (Å²) in [6.07, 6.45) is -0.792. The highest BCUT2D eigenvalue weighted by Crippen LogP contribution is 2.29. The third kappa shape index (κ3) is 5.22. The van der Waals surface area contributed by atoms with Gasteiger partial charge in [0.2, 0.25) is 0 Å². The molecule has 0 radical (unpaired) electrons. The van der Waals surface area contributed by atoms with E-state index < -0.39 is 12.1 Å². The van der Waals surface area contributed by atoms with Crippen molar-refractivity contribution in [3.8, 4) is 11.5 Å². The minimum absolute atomic E-state index is 0.219. The summed E-state index contributed by atoms with van der Waals surface area (Å²) in [5.41, 5.74) is 1.23. The normalized spacial score (nSPS) is 11.5. The van der Waals surface area contributed by atoms with E-state index in [1.165, 1.54) is 27.0 Å². The number of benzene rings is 2. The first-order chi connectivity index (χ1) is 11.9. The van der Waals surface area contributed by atoms with Crippen LogP contribution in [-0.4, -0.2) is 25.0 Å². The Hall–Kier alpha value is -2.53. The van der Waals surface area contributed by atoms with Gasteiger partial charge in [0, 0.05) is 5.02 Å². The summed E-state index contributed by atoms with van der Waals surface area (Å²) in [6, 6.07) is 12.0. The molecule has 2 aromatic carbocycles. The number of Topliss-reactive ketones (excluding diaryl/α,β-unsaturated/α-hetero) is 1. The van der Waals surface area contributed by atoms with Crippen LogP contribution in [0.3, 0.4) is 0 Å². The van der Waals surface area contributed by atoms with Gasteiger partial charge in [-0.05, 0) is 49.7 Å². The van der Waals surface area contributed by atoms with Crippen LogP contribution in [0.5, 0.6) is 11.5 Å². The maximum absolute atomic E-state index is 12.1. The van der Waals surface area contributed by atoms with Crippen molar-refractivity contribution < 1.29 is 23.8 Å². The summed E-state index contributed by atoms with van der Waals surface area (Å²) in [4.78, 5) is 23.3. The predicted molar refractivity (Wildman–Crippen MR) is 94.3 cm³/mol. The fourth-order valence-electron chi connectivity index (χ4n) is 1.97. The minimum Gasteiger partial charge on any atom is -0.493 e. The van der Waals surface area contributed by atoms with E-state index in [9.17, 15) is 9.59 Å². The zero-order chi connectivity index (χ0) is 18.4. The van der Waals surface area contributed by atoms with E-state index in [0.717, 1.165) is 5.56 Å². The zero-order valence-electron chi connectivity index (χ0n) is 14.2. The molecule has 2 rings (SSSR count). The third-order valence-electron chi connectivity index (χ3n) is 3.56. The van der Waals surface area contributed by atoms with Crippen molar-refractivity contribution >= 4 is 23.4 Å². The van der Waals surface area contributed by atoms with Gasteiger partial charge in [-0.1, -0.05) is 23.7 Å². The van der Waals surface area contributed by atoms with E-state index in [-0.39, 0.29) is 11.3 Å². The number of halogens is 1. The number of esters is 1. The molecular weight excluding hydrogens is 344 g/mol. The maximum atomic E-state index is 12.1. The van der Waals surface area contributed by atoms with Crippen molar-refractivity contribution in [1.29, 1.82) is 0 Å². The van der Waals surface area contributed by atoms with Crippen molar-refractivity contribution in [2.75, 3.05) is 7.11 Å². The van der Waals surface area contributed by atoms with E-state index in [0.29, 0.717) is 23.1 Å². The molecule has 0 N–H and O–H groups in total. The Kier molecular flexibility index (Phi) is 6.42. The number of carbonyl (C=O) groups is 2. The van der Waals surface area contributed by atoms with Crippen LogP contribution in [0.2, 0.25) is 5.02 Å². The van der Waals surface area contributed by atoms with Crippen molar-refractivity contribution in [3.63, 3.8) is 0 Å². The molecule has 6 heteroatoms. The second-order valence-corrected chi connectivity index (χ2v) is 5.88. The Labute approximate surface area is 151 Å². The average Bonchev–Trinajstić information content (AvgIpc) is 2.60. The second kappa shape index (κ2) is 8.53. The Morgan fingerprint density at radius 1 is 1.08 bits per heavy atom. The van der Waals surface area contributed by atoms with Crippen LogP contribution in [-0.2, 0) is 16.1 Å². The molecule has 0 aromatic heterocycles. The summed E-state index contributed by atoms with van der Waals surface area (Å²) < 4.78 is 16.1. The number of carbonyl (C=O) groups excluding carboxylic acids is 2. The molecule has 2 aromatic rings. The van der Waals surface area contributed by atoms with Gasteiger partial charge in [0.15, 0.2) is 23.4 Å². The van der Waals surface area contributed by atoms with E-state index in [2.05, 4.69) is 0 Å². The van der Waals surface area contributed by atoms with Crippen LogP contribution in [0.25, 0.3) is 0 Å². The van der Waals surface area contributed by atoms with Gasteiger partial charge in [-0.2, -0.15) is 0 Å². The molecule has 0 heterocycles. The number of hydrogen-bond donors (Lipinski definition) is 0. The first-order valence-corrected chi connectivity index (χ1v) is 8.05. The quantitative estimate of drug-likeness (QED) is 0.695. The zero-order valence-corrected chi connectivity index (χ0v) is 15.0. The van der Waals surface area contributed by atoms with Crippen LogP contribution in [0.1, 0.15) is 29.8 Å². The van der Waals surface area contributed by atoms with Gasteiger partial charge in [-0.25, -0.2) is 4.79 Å². The van der Waals surface area contributed by atoms with Crippen LogP contribution < -0.4 is 9.47 Å². The fraction of sp³-hybridized carbons (Fsp3) is 0.263. The highest BCUT2D eigenvalue weighted by molar-refractivity contribution is 6.30. The Bertz CT molecular complexity index is 755. The molecule has 0 aliphatic carbocycles. The van der Waals surface area contributed by atoms with E-state index in [1.54, 1.807) is 24.3 Å². The Balaban J connectivity index is 2.09. The first kappa shape index (κ1) is 18.8. The number of methoxy groups -OCH3 is 1. The minimum atomic E-state index is -0.792. The molecule has 0 spiro atoms. The lowest BCUT2D eigenvalue weighted by molar-refractivity contribution is -0.124. The third-order valence-corrected chi connectivity index (χ3v) is 3.82. The van der Waals surface area contributed by atoms with Gasteiger partial charge >= 0.3 is 5.97 Å². The smallest absolute Gasteiger partial charge is 0.338 e. The maximum Gasteiger partial charge on any atom is 0.338 e. The molecule has 0 fully saturated rings. The molecule has 0 aliphatic rings.